The molecule has 1 aromatic carbocycles. The molecule has 0 aromatic heterocycles. The molecule has 0 N–H and O–H groups in total. The second-order valence-corrected chi connectivity index (χ2v) is 14.1. The Labute approximate surface area is 217 Å². The van der Waals surface area contributed by atoms with Gasteiger partial charge >= 0.3 is 33.9 Å². The molecule has 188 valence electrons. The molecule has 1 saturated carbocycles. The Bertz CT molecular complexity index is 700. The maximum atomic E-state index is 7.50. The first-order valence-corrected chi connectivity index (χ1v) is 14.7. The minimum absolute atomic E-state index is 0. The quantitative estimate of drug-likeness (QED) is 0.296. The van der Waals surface area contributed by atoms with Crippen LogP contribution < -0.4 is 5.19 Å². The standard InChI is InChI=1S/C22H38N2O2Si.3CO.Cr/c1-25-16-14-23-19-11-7-8-12-20(19)24(15-17-26-2)22(23)18-10-6-9-13-21(18)27(3,4)5;3*1-2;/h6,9-10,13,19-20,22H,7-8,11-12,14-17H2,1-5H3;;;;/t19-,20-;;;;/m1..../s1. The van der Waals surface area contributed by atoms with Crippen molar-refractivity contribution < 1.29 is 40.8 Å². The van der Waals surface area contributed by atoms with Gasteiger partial charge in [-0.25, -0.2) is 0 Å². The van der Waals surface area contributed by atoms with Crippen LogP contribution in [-0.4, -0.2) is 70.5 Å². The Balaban J connectivity index is 0. The summed E-state index contributed by atoms with van der Waals surface area (Å²) in [6.07, 6.45) is 5.68. The van der Waals surface area contributed by atoms with Crippen LogP contribution in [0.15, 0.2) is 24.3 Å². The SMILES string of the molecule is COCCN1C(c2ccccc2[Si](C)(C)C)N(CCOC)[C@@H]2CCCC[C@H]21.[C-]#[O+].[C-]#[O+].[C-]#[O+].[Cr]. The van der Waals surface area contributed by atoms with Gasteiger partial charge in [0, 0.05) is 56.8 Å². The molecule has 0 amide bonds. The summed E-state index contributed by atoms with van der Waals surface area (Å²) >= 11 is 0. The smallest absolute Gasteiger partial charge is 0 e. The number of fused-ring (bicyclic) bond motifs is 1. The molecule has 1 aliphatic carbocycles. The van der Waals surface area contributed by atoms with E-state index in [-0.39, 0.29) is 17.4 Å². The van der Waals surface area contributed by atoms with Crippen LogP contribution in [0.5, 0.6) is 0 Å². The van der Waals surface area contributed by atoms with E-state index in [1.807, 2.05) is 14.2 Å². The molecular weight excluding hydrogens is 488 g/mol. The van der Waals surface area contributed by atoms with Crippen LogP contribution in [0, 0.1) is 20.0 Å². The van der Waals surface area contributed by atoms with Crippen molar-refractivity contribution in [3.8, 4) is 0 Å². The summed E-state index contributed by atoms with van der Waals surface area (Å²) < 4.78 is 33.5. The molecule has 1 aliphatic heterocycles. The number of ether oxygens (including phenoxy) is 2. The van der Waals surface area contributed by atoms with Crippen LogP contribution in [0.1, 0.15) is 37.4 Å². The predicted octanol–water partition coefficient (Wildman–Crippen LogP) is 3.34. The van der Waals surface area contributed by atoms with Gasteiger partial charge in [-0.1, -0.05) is 61.9 Å². The molecule has 2 atom stereocenters. The van der Waals surface area contributed by atoms with Crippen molar-refractivity contribution in [2.24, 2.45) is 0 Å². The van der Waals surface area contributed by atoms with Crippen LogP contribution >= 0.6 is 0 Å². The topological polar surface area (TPSA) is 84.6 Å². The van der Waals surface area contributed by atoms with Gasteiger partial charge in [0.2, 0.25) is 0 Å². The van der Waals surface area contributed by atoms with E-state index in [1.165, 1.54) is 31.2 Å². The number of benzene rings is 1. The summed E-state index contributed by atoms with van der Waals surface area (Å²) in [6, 6.07) is 10.5. The number of nitrogens with zero attached hydrogens (tertiary/aromatic N) is 2. The molecule has 34 heavy (non-hydrogen) atoms. The zero-order valence-corrected chi connectivity index (χ0v) is 23.3. The third-order valence-corrected chi connectivity index (χ3v) is 8.40. The molecule has 0 radical (unpaired) electrons. The molecule has 1 heterocycles. The van der Waals surface area contributed by atoms with E-state index < -0.39 is 8.07 Å². The maximum Gasteiger partial charge on any atom is 0 e. The van der Waals surface area contributed by atoms with E-state index in [1.54, 1.807) is 5.19 Å². The van der Waals surface area contributed by atoms with E-state index in [4.69, 9.17) is 23.4 Å². The van der Waals surface area contributed by atoms with Gasteiger partial charge in [-0.2, -0.15) is 0 Å². The van der Waals surface area contributed by atoms with Crippen molar-refractivity contribution in [3.63, 3.8) is 0 Å². The average molecular weight is 527 g/mol. The van der Waals surface area contributed by atoms with Crippen molar-refractivity contribution in [1.82, 2.24) is 9.80 Å². The summed E-state index contributed by atoms with van der Waals surface area (Å²) in [6.45, 7) is 24.5. The Hall–Kier alpha value is -0.971. The van der Waals surface area contributed by atoms with Gasteiger partial charge in [-0.15, -0.1) is 0 Å². The van der Waals surface area contributed by atoms with Gasteiger partial charge in [0.15, 0.2) is 0 Å². The summed E-state index contributed by atoms with van der Waals surface area (Å²) in [5, 5.41) is 1.60. The fourth-order valence-electron chi connectivity index (χ4n) is 5.15. The molecule has 7 nitrogen and oxygen atoms in total. The Morgan fingerprint density at radius 2 is 1.24 bits per heavy atom. The van der Waals surface area contributed by atoms with Gasteiger partial charge in [0.25, 0.3) is 0 Å². The summed E-state index contributed by atoms with van der Waals surface area (Å²) in [5.74, 6) is 0. The van der Waals surface area contributed by atoms with Crippen molar-refractivity contribution in [2.75, 3.05) is 40.5 Å². The molecule has 0 unspecified atom stereocenters. The fraction of sp³-hybridized carbons (Fsp3) is 0.640. The van der Waals surface area contributed by atoms with Crippen molar-refractivity contribution in [2.45, 2.75) is 63.6 Å². The van der Waals surface area contributed by atoms with Crippen LogP contribution in [-0.2, 0) is 40.8 Å². The molecule has 9 heteroatoms. The van der Waals surface area contributed by atoms with E-state index in [9.17, 15) is 0 Å². The molecule has 0 bridgehead atoms. The third kappa shape index (κ3) is 9.24. The summed E-state index contributed by atoms with van der Waals surface area (Å²) in [5.41, 5.74) is 1.53. The monoisotopic (exact) mass is 526 g/mol. The van der Waals surface area contributed by atoms with Crippen molar-refractivity contribution >= 4 is 13.3 Å². The summed E-state index contributed by atoms with van der Waals surface area (Å²) in [7, 11) is 2.21. The number of methoxy groups -OCH3 is 2. The van der Waals surface area contributed by atoms with Crippen molar-refractivity contribution in [3.05, 3.63) is 49.8 Å². The third-order valence-electron chi connectivity index (χ3n) is 6.33. The fourth-order valence-corrected chi connectivity index (χ4v) is 6.83. The zero-order chi connectivity index (χ0) is 25.4. The summed E-state index contributed by atoms with van der Waals surface area (Å²) in [4.78, 5) is 5.50. The first-order valence-electron chi connectivity index (χ1n) is 11.2. The van der Waals surface area contributed by atoms with Gasteiger partial charge in [0.1, 0.15) is 0 Å². The van der Waals surface area contributed by atoms with E-state index in [2.05, 4.69) is 73.7 Å². The minimum Gasteiger partial charge on any atom is 0 e. The maximum absolute atomic E-state index is 7.50. The van der Waals surface area contributed by atoms with Gasteiger partial charge < -0.3 is 9.47 Å². The molecule has 2 aliphatic rings. The number of rotatable bonds is 8. The zero-order valence-electron chi connectivity index (χ0n) is 21.0. The molecular formula is C25H38CrN2O5Si. The Kier molecular flexibility index (Phi) is 19.9. The van der Waals surface area contributed by atoms with Gasteiger partial charge in [-0.3, -0.25) is 9.80 Å². The first kappa shape index (κ1) is 35.2. The van der Waals surface area contributed by atoms with Gasteiger partial charge in [0.05, 0.1) is 27.5 Å². The van der Waals surface area contributed by atoms with Crippen LogP contribution in [0.2, 0.25) is 19.6 Å². The Morgan fingerprint density at radius 1 is 0.824 bits per heavy atom. The minimum atomic E-state index is -1.43. The molecule has 0 spiro atoms. The van der Waals surface area contributed by atoms with E-state index in [0.717, 1.165) is 26.3 Å². The van der Waals surface area contributed by atoms with Crippen LogP contribution in [0.25, 0.3) is 0 Å². The van der Waals surface area contributed by atoms with Crippen LogP contribution in [0.3, 0.4) is 0 Å². The normalized spacial score (nSPS) is 20.1. The molecule has 2 fully saturated rings. The largest absolute Gasteiger partial charge is 0 e. The Morgan fingerprint density at radius 3 is 1.62 bits per heavy atom. The number of hydrogen-bond acceptors (Lipinski definition) is 4. The van der Waals surface area contributed by atoms with Gasteiger partial charge in [-0.05, 0) is 18.4 Å². The second-order valence-electron chi connectivity index (χ2n) is 9.09. The average Bonchev–Trinajstić information content (AvgIpc) is 3.17. The first-order chi connectivity index (χ1) is 16.0. The van der Waals surface area contributed by atoms with E-state index in [0.29, 0.717) is 18.2 Å². The second kappa shape index (κ2) is 19.2. The molecule has 1 aromatic rings. The molecule has 3 rings (SSSR count). The van der Waals surface area contributed by atoms with Crippen molar-refractivity contribution in [1.29, 1.82) is 0 Å². The predicted molar refractivity (Wildman–Crippen MR) is 127 cm³/mol. The van der Waals surface area contributed by atoms with E-state index >= 15 is 0 Å². The molecule has 1 saturated heterocycles. The number of hydrogen-bond donors (Lipinski definition) is 0. The van der Waals surface area contributed by atoms with Crippen LogP contribution in [0.4, 0.5) is 0 Å².